The van der Waals surface area contributed by atoms with Crippen molar-refractivity contribution in [3.8, 4) is 0 Å². The van der Waals surface area contributed by atoms with Crippen LogP contribution in [-0.2, 0) is 4.74 Å². The molecule has 0 spiro atoms. The Balaban J connectivity index is 2.05. The van der Waals surface area contributed by atoms with E-state index in [0.29, 0.717) is 24.3 Å². The lowest BCUT2D eigenvalue weighted by molar-refractivity contribution is 0.0155. The molecule has 1 aromatic heterocycles. The number of hydrogen-bond acceptors (Lipinski definition) is 5. The van der Waals surface area contributed by atoms with E-state index >= 15 is 0 Å². The molecular weight excluding hydrogens is 334 g/mol. The molecule has 25 heavy (non-hydrogen) atoms. The van der Waals surface area contributed by atoms with Gasteiger partial charge in [0.25, 0.3) is 0 Å². The van der Waals surface area contributed by atoms with E-state index in [0.717, 1.165) is 28.6 Å². The van der Waals surface area contributed by atoms with E-state index in [9.17, 15) is 4.79 Å². The number of carbonyl (C=O) groups excluding carboxylic acids is 1. The van der Waals surface area contributed by atoms with Crippen LogP contribution in [0.15, 0.2) is 11.2 Å². The maximum absolute atomic E-state index is 12.3. The van der Waals surface area contributed by atoms with E-state index in [4.69, 9.17) is 4.74 Å². The first-order valence-electron chi connectivity index (χ1n) is 9.03. The lowest BCUT2D eigenvalue weighted by Crippen LogP contribution is -2.44. The van der Waals surface area contributed by atoms with Crippen molar-refractivity contribution >= 4 is 23.1 Å². The van der Waals surface area contributed by atoms with Crippen molar-refractivity contribution in [3.05, 3.63) is 16.1 Å². The molecule has 1 amide bonds. The molecule has 6 heteroatoms. The Morgan fingerprint density at radius 2 is 2.12 bits per heavy atom. The first-order chi connectivity index (χ1) is 11.6. The zero-order valence-corrected chi connectivity index (χ0v) is 17.3. The summed E-state index contributed by atoms with van der Waals surface area (Å²) in [6.45, 7) is 13.7. The highest BCUT2D eigenvalue weighted by atomic mass is 32.1. The minimum absolute atomic E-state index is 0.210. The van der Waals surface area contributed by atoms with Crippen LogP contribution in [0.2, 0.25) is 0 Å². The van der Waals surface area contributed by atoms with Crippen LogP contribution in [-0.4, -0.2) is 47.4 Å². The second-order valence-corrected chi connectivity index (χ2v) is 9.19. The van der Waals surface area contributed by atoms with Gasteiger partial charge in [0.1, 0.15) is 5.60 Å². The van der Waals surface area contributed by atoms with Crippen LogP contribution in [0.25, 0.3) is 0 Å². The molecule has 1 aliphatic heterocycles. The van der Waals surface area contributed by atoms with Crippen LogP contribution in [0.5, 0.6) is 0 Å². The number of aliphatic imine (C=N–C) groups is 1. The molecule has 2 rings (SSSR count). The third-order valence-electron chi connectivity index (χ3n) is 4.44. The minimum atomic E-state index is -0.450. The van der Waals surface area contributed by atoms with E-state index in [1.165, 1.54) is 0 Å². The molecule has 5 nitrogen and oxygen atoms in total. The second kappa shape index (κ2) is 7.85. The standard InChI is InChI=1S/C19H31N3O2S/c1-12(2)16(20-7)15-10-21-17(25-15)14-8-9-22(11-13(14)3)18(23)24-19(4,5)6/h10,12-14H,8-9,11H2,1-7H3. The molecule has 1 aliphatic rings. The molecule has 2 unspecified atom stereocenters. The molecule has 0 radical (unpaired) electrons. The number of rotatable bonds is 3. The molecule has 1 fully saturated rings. The maximum Gasteiger partial charge on any atom is 0.410 e. The molecule has 0 bridgehead atoms. The number of thiazole rings is 1. The van der Waals surface area contributed by atoms with Gasteiger partial charge in [0.05, 0.1) is 15.6 Å². The van der Waals surface area contributed by atoms with Crippen LogP contribution in [0, 0.1) is 11.8 Å². The number of ether oxygens (including phenoxy) is 1. The number of nitrogens with zero attached hydrogens (tertiary/aromatic N) is 3. The fourth-order valence-electron chi connectivity index (χ4n) is 3.24. The Labute approximate surface area is 155 Å². The van der Waals surface area contributed by atoms with Crippen molar-refractivity contribution in [1.29, 1.82) is 0 Å². The van der Waals surface area contributed by atoms with E-state index in [1.54, 1.807) is 11.3 Å². The smallest absolute Gasteiger partial charge is 0.410 e. The summed E-state index contributed by atoms with van der Waals surface area (Å²) in [6, 6.07) is 0. The van der Waals surface area contributed by atoms with Crippen LogP contribution in [0.1, 0.15) is 63.8 Å². The summed E-state index contributed by atoms with van der Waals surface area (Å²) in [7, 11) is 1.84. The van der Waals surface area contributed by atoms with Crippen molar-refractivity contribution in [1.82, 2.24) is 9.88 Å². The monoisotopic (exact) mass is 365 g/mol. The Morgan fingerprint density at radius 3 is 2.64 bits per heavy atom. The third kappa shape index (κ3) is 5.03. The van der Waals surface area contributed by atoms with Crippen molar-refractivity contribution < 1.29 is 9.53 Å². The highest BCUT2D eigenvalue weighted by Crippen LogP contribution is 2.36. The number of carbonyl (C=O) groups is 1. The SMILES string of the molecule is CN=C(c1cnc(C2CCN(C(=O)OC(C)(C)C)CC2C)s1)C(C)C. The van der Waals surface area contributed by atoms with E-state index in [1.807, 2.05) is 38.9 Å². The average Bonchev–Trinajstić information content (AvgIpc) is 2.95. The summed E-state index contributed by atoms with van der Waals surface area (Å²) in [4.78, 5) is 24.4. The van der Waals surface area contributed by atoms with Crippen molar-refractivity contribution in [2.45, 2.75) is 59.5 Å². The number of piperidine rings is 1. The summed E-state index contributed by atoms with van der Waals surface area (Å²) in [5.74, 6) is 1.15. The van der Waals surface area contributed by atoms with Gasteiger partial charge in [-0.3, -0.25) is 4.99 Å². The molecule has 0 aromatic carbocycles. The summed E-state index contributed by atoms with van der Waals surface area (Å²) >= 11 is 1.75. The van der Waals surface area contributed by atoms with E-state index in [2.05, 4.69) is 30.7 Å². The van der Waals surface area contributed by atoms with E-state index < -0.39 is 5.60 Å². The van der Waals surface area contributed by atoms with Gasteiger partial charge in [0, 0.05) is 32.3 Å². The Kier molecular flexibility index (Phi) is 6.25. The number of hydrogen-bond donors (Lipinski definition) is 0. The first kappa shape index (κ1) is 19.9. The van der Waals surface area contributed by atoms with Gasteiger partial charge in [0.2, 0.25) is 0 Å². The van der Waals surface area contributed by atoms with Gasteiger partial charge < -0.3 is 9.64 Å². The molecule has 0 aliphatic carbocycles. The normalized spacial score (nSPS) is 22.4. The van der Waals surface area contributed by atoms with E-state index in [-0.39, 0.29) is 6.09 Å². The fraction of sp³-hybridized carbons (Fsp3) is 0.737. The first-order valence-corrected chi connectivity index (χ1v) is 9.84. The van der Waals surface area contributed by atoms with Crippen molar-refractivity contribution in [3.63, 3.8) is 0 Å². The molecule has 1 aromatic rings. The Hall–Kier alpha value is -1.43. The third-order valence-corrected chi connectivity index (χ3v) is 5.59. The zero-order chi connectivity index (χ0) is 18.8. The molecule has 2 atom stereocenters. The van der Waals surface area contributed by atoms with Crippen LogP contribution in [0.4, 0.5) is 4.79 Å². The summed E-state index contributed by atoms with van der Waals surface area (Å²) in [6.07, 6.45) is 2.67. The van der Waals surface area contributed by atoms with Gasteiger partial charge in [0.15, 0.2) is 0 Å². The minimum Gasteiger partial charge on any atom is -0.444 e. The lowest BCUT2D eigenvalue weighted by Gasteiger charge is -2.36. The van der Waals surface area contributed by atoms with Gasteiger partial charge >= 0.3 is 6.09 Å². The van der Waals surface area contributed by atoms with Crippen molar-refractivity contribution in [2.75, 3.05) is 20.1 Å². The maximum atomic E-state index is 12.3. The number of aromatic nitrogens is 1. The number of likely N-dealkylation sites (tertiary alicyclic amines) is 1. The van der Waals surface area contributed by atoms with Crippen LogP contribution < -0.4 is 0 Å². The highest BCUT2D eigenvalue weighted by Gasteiger charge is 2.33. The van der Waals surface area contributed by atoms with Gasteiger partial charge in [-0.05, 0) is 39.0 Å². The number of amides is 1. The summed E-state index contributed by atoms with van der Waals surface area (Å²) in [5.41, 5.74) is 0.663. The molecule has 0 N–H and O–H groups in total. The highest BCUT2D eigenvalue weighted by molar-refractivity contribution is 7.13. The van der Waals surface area contributed by atoms with Gasteiger partial charge in [-0.1, -0.05) is 20.8 Å². The van der Waals surface area contributed by atoms with Crippen LogP contribution in [0.3, 0.4) is 0 Å². The average molecular weight is 366 g/mol. The molecule has 140 valence electrons. The summed E-state index contributed by atoms with van der Waals surface area (Å²) < 4.78 is 5.50. The van der Waals surface area contributed by atoms with Gasteiger partial charge in [-0.15, -0.1) is 11.3 Å². The molecule has 0 saturated carbocycles. The quantitative estimate of drug-likeness (QED) is 0.737. The molecule has 1 saturated heterocycles. The predicted octanol–water partition coefficient (Wildman–Crippen LogP) is 4.58. The van der Waals surface area contributed by atoms with Crippen molar-refractivity contribution in [2.24, 2.45) is 16.8 Å². The Bertz CT molecular complexity index is 631. The predicted molar refractivity (Wildman–Crippen MR) is 104 cm³/mol. The topological polar surface area (TPSA) is 54.8 Å². The summed E-state index contributed by atoms with van der Waals surface area (Å²) in [5, 5.41) is 1.16. The lowest BCUT2D eigenvalue weighted by atomic mass is 9.87. The molecular formula is C19H31N3O2S. The zero-order valence-electron chi connectivity index (χ0n) is 16.5. The van der Waals surface area contributed by atoms with Crippen LogP contribution >= 0.6 is 11.3 Å². The fourth-order valence-corrected chi connectivity index (χ4v) is 4.60. The Morgan fingerprint density at radius 1 is 1.44 bits per heavy atom. The molecule has 2 heterocycles. The van der Waals surface area contributed by atoms with Gasteiger partial charge in [-0.25, -0.2) is 9.78 Å². The second-order valence-electron chi connectivity index (χ2n) is 8.13. The largest absolute Gasteiger partial charge is 0.444 e. The van der Waals surface area contributed by atoms with Gasteiger partial charge in [-0.2, -0.15) is 0 Å².